The van der Waals surface area contributed by atoms with E-state index in [4.69, 9.17) is 9.52 Å². The summed E-state index contributed by atoms with van der Waals surface area (Å²) in [6, 6.07) is 1.77. The summed E-state index contributed by atoms with van der Waals surface area (Å²) >= 11 is 0. The maximum Gasteiger partial charge on any atom is 0.304 e. The third-order valence-corrected chi connectivity index (χ3v) is 3.57. The highest BCUT2D eigenvalue weighted by atomic mass is 16.4. The van der Waals surface area contributed by atoms with Gasteiger partial charge in [-0.05, 0) is 19.9 Å². The van der Waals surface area contributed by atoms with Crippen LogP contribution in [0.25, 0.3) is 0 Å². The van der Waals surface area contributed by atoms with Crippen LogP contribution in [0.5, 0.6) is 0 Å². The van der Waals surface area contributed by atoms with Crippen molar-refractivity contribution < 1.29 is 19.1 Å². The van der Waals surface area contributed by atoms with Gasteiger partial charge in [0, 0.05) is 32.7 Å². The molecule has 0 atom stereocenters. The number of carbonyl (C=O) groups is 2. The Morgan fingerprint density at radius 2 is 1.90 bits per heavy atom. The minimum Gasteiger partial charge on any atom is -0.481 e. The van der Waals surface area contributed by atoms with E-state index in [9.17, 15) is 9.59 Å². The summed E-state index contributed by atoms with van der Waals surface area (Å²) in [6.07, 6.45) is 0.147. The Balaban J connectivity index is 1.89. The first kappa shape index (κ1) is 14.6. The number of carbonyl (C=O) groups excluding carboxylic acids is 1. The van der Waals surface area contributed by atoms with Crippen LogP contribution in [0.4, 0.5) is 0 Å². The first-order valence-corrected chi connectivity index (χ1v) is 6.78. The van der Waals surface area contributed by atoms with Crippen LogP contribution in [0.1, 0.15) is 28.3 Å². The van der Waals surface area contributed by atoms with Gasteiger partial charge in [-0.3, -0.25) is 14.5 Å². The van der Waals surface area contributed by atoms with Gasteiger partial charge in [-0.15, -0.1) is 0 Å². The van der Waals surface area contributed by atoms with E-state index >= 15 is 0 Å². The number of amides is 1. The van der Waals surface area contributed by atoms with Crippen LogP contribution in [-0.2, 0) is 4.79 Å². The van der Waals surface area contributed by atoms with Crippen LogP contribution < -0.4 is 0 Å². The summed E-state index contributed by atoms with van der Waals surface area (Å²) in [4.78, 5) is 26.8. The standard InChI is InChI=1S/C14H20N2O4/c1-10-9-12(11(2)20-10)14(19)16-7-5-15(6-8-16)4-3-13(17)18/h9H,3-8H2,1-2H3,(H,17,18). The molecule has 0 radical (unpaired) electrons. The summed E-state index contributed by atoms with van der Waals surface area (Å²) in [5.41, 5.74) is 0.626. The molecule has 0 saturated carbocycles. The van der Waals surface area contributed by atoms with Crippen LogP contribution in [-0.4, -0.2) is 59.5 Å². The normalized spacial score (nSPS) is 16.4. The number of hydrogen-bond donors (Lipinski definition) is 1. The van der Waals surface area contributed by atoms with Gasteiger partial charge in [0.05, 0.1) is 12.0 Å². The fourth-order valence-corrected chi connectivity index (χ4v) is 2.44. The molecule has 1 fully saturated rings. The summed E-state index contributed by atoms with van der Waals surface area (Å²) in [6.45, 7) is 6.85. The summed E-state index contributed by atoms with van der Waals surface area (Å²) in [5, 5.41) is 8.66. The molecule has 0 unspecified atom stereocenters. The predicted molar refractivity (Wildman–Crippen MR) is 72.8 cm³/mol. The molecule has 2 heterocycles. The topological polar surface area (TPSA) is 74.0 Å². The summed E-state index contributed by atoms with van der Waals surface area (Å²) < 4.78 is 5.39. The lowest BCUT2D eigenvalue weighted by Crippen LogP contribution is -2.49. The van der Waals surface area contributed by atoms with E-state index in [-0.39, 0.29) is 12.3 Å². The number of aliphatic carboxylic acids is 1. The summed E-state index contributed by atoms with van der Waals surface area (Å²) in [5.74, 6) is 0.608. The number of furan rings is 1. The molecule has 6 heteroatoms. The molecule has 0 aliphatic carbocycles. The Kier molecular flexibility index (Phi) is 4.44. The van der Waals surface area contributed by atoms with Gasteiger partial charge in [-0.2, -0.15) is 0 Å². The largest absolute Gasteiger partial charge is 0.481 e. The number of nitrogens with zero attached hydrogens (tertiary/aromatic N) is 2. The van der Waals surface area contributed by atoms with Crippen molar-refractivity contribution in [3.63, 3.8) is 0 Å². The molecule has 110 valence electrons. The first-order chi connectivity index (χ1) is 9.47. The van der Waals surface area contributed by atoms with Crippen LogP contribution >= 0.6 is 0 Å². The highest BCUT2D eigenvalue weighted by molar-refractivity contribution is 5.95. The molecule has 1 amide bonds. The average Bonchev–Trinajstić information content (AvgIpc) is 2.75. The molecule has 0 aromatic carbocycles. The number of hydrogen-bond acceptors (Lipinski definition) is 4. The van der Waals surface area contributed by atoms with Crippen molar-refractivity contribution in [1.82, 2.24) is 9.80 Å². The maximum atomic E-state index is 12.4. The van der Waals surface area contributed by atoms with Gasteiger partial charge in [0.25, 0.3) is 5.91 Å². The van der Waals surface area contributed by atoms with Gasteiger partial charge in [-0.1, -0.05) is 0 Å². The second kappa shape index (κ2) is 6.09. The Morgan fingerprint density at radius 3 is 2.40 bits per heavy atom. The molecule has 0 bridgehead atoms. The van der Waals surface area contributed by atoms with Gasteiger partial charge in [0.1, 0.15) is 11.5 Å². The smallest absolute Gasteiger partial charge is 0.304 e. The first-order valence-electron chi connectivity index (χ1n) is 6.78. The zero-order chi connectivity index (χ0) is 14.7. The van der Waals surface area contributed by atoms with E-state index in [0.29, 0.717) is 31.0 Å². The Morgan fingerprint density at radius 1 is 1.25 bits per heavy atom. The van der Waals surface area contributed by atoms with E-state index in [2.05, 4.69) is 4.90 Å². The highest BCUT2D eigenvalue weighted by Crippen LogP contribution is 2.17. The van der Waals surface area contributed by atoms with E-state index in [0.717, 1.165) is 18.8 Å². The third-order valence-electron chi connectivity index (χ3n) is 3.57. The van der Waals surface area contributed by atoms with Crippen molar-refractivity contribution in [2.45, 2.75) is 20.3 Å². The van der Waals surface area contributed by atoms with Crippen molar-refractivity contribution in [3.8, 4) is 0 Å². The van der Waals surface area contributed by atoms with E-state index < -0.39 is 5.97 Å². The molecule has 1 N–H and O–H groups in total. The van der Waals surface area contributed by atoms with Gasteiger partial charge in [-0.25, -0.2) is 0 Å². The van der Waals surface area contributed by atoms with Crippen molar-refractivity contribution in [2.24, 2.45) is 0 Å². The lowest BCUT2D eigenvalue weighted by Gasteiger charge is -2.34. The molecular weight excluding hydrogens is 260 g/mol. The highest BCUT2D eigenvalue weighted by Gasteiger charge is 2.24. The fourth-order valence-electron chi connectivity index (χ4n) is 2.44. The molecular formula is C14H20N2O4. The van der Waals surface area contributed by atoms with E-state index in [1.54, 1.807) is 17.9 Å². The SMILES string of the molecule is Cc1cc(C(=O)N2CCN(CCC(=O)O)CC2)c(C)o1. The zero-order valence-corrected chi connectivity index (χ0v) is 11.9. The number of piperazine rings is 1. The molecule has 1 aliphatic rings. The average molecular weight is 280 g/mol. The van der Waals surface area contributed by atoms with Crippen molar-refractivity contribution >= 4 is 11.9 Å². The zero-order valence-electron chi connectivity index (χ0n) is 11.9. The van der Waals surface area contributed by atoms with Crippen LogP contribution in [0.3, 0.4) is 0 Å². The molecule has 2 rings (SSSR count). The molecule has 1 aromatic rings. The van der Waals surface area contributed by atoms with Gasteiger partial charge < -0.3 is 14.4 Å². The molecule has 0 spiro atoms. The minimum atomic E-state index is -0.784. The number of carboxylic acid groups (broad SMARTS) is 1. The van der Waals surface area contributed by atoms with Crippen molar-refractivity contribution in [3.05, 3.63) is 23.2 Å². The molecule has 1 aliphatic heterocycles. The van der Waals surface area contributed by atoms with Gasteiger partial charge >= 0.3 is 5.97 Å². The lowest BCUT2D eigenvalue weighted by atomic mass is 10.2. The van der Waals surface area contributed by atoms with Crippen molar-refractivity contribution in [1.29, 1.82) is 0 Å². The molecule has 1 aromatic heterocycles. The second-order valence-electron chi connectivity index (χ2n) is 5.10. The molecule has 6 nitrogen and oxygen atoms in total. The van der Waals surface area contributed by atoms with Crippen LogP contribution in [0.15, 0.2) is 10.5 Å². The number of carboxylic acids is 1. The number of aryl methyl sites for hydroxylation is 2. The monoisotopic (exact) mass is 280 g/mol. The summed E-state index contributed by atoms with van der Waals surface area (Å²) in [7, 11) is 0. The van der Waals surface area contributed by atoms with Gasteiger partial charge in [0.2, 0.25) is 0 Å². The predicted octanol–water partition coefficient (Wildman–Crippen LogP) is 1.13. The maximum absolute atomic E-state index is 12.4. The Labute approximate surface area is 118 Å². The Hall–Kier alpha value is -1.82. The van der Waals surface area contributed by atoms with Crippen molar-refractivity contribution in [2.75, 3.05) is 32.7 Å². The van der Waals surface area contributed by atoms with E-state index in [1.807, 2.05) is 6.92 Å². The van der Waals surface area contributed by atoms with E-state index in [1.165, 1.54) is 0 Å². The lowest BCUT2D eigenvalue weighted by molar-refractivity contribution is -0.137. The fraction of sp³-hybridized carbons (Fsp3) is 0.571. The Bertz CT molecular complexity index is 501. The van der Waals surface area contributed by atoms with Crippen LogP contribution in [0.2, 0.25) is 0 Å². The quantitative estimate of drug-likeness (QED) is 0.895. The minimum absolute atomic E-state index is 0.00256. The van der Waals surface area contributed by atoms with Gasteiger partial charge in [0.15, 0.2) is 0 Å². The van der Waals surface area contributed by atoms with Crippen LogP contribution in [0, 0.1) is 13.8 Å². The third kappa shape index (κ3) is 3.39. The molecule has 20 heavy (non-hydrogen) atoms. The molecule has 1 saturated heterocycles. The number of rotatable bonds is 4. The second-order valence-corrected chi connectivity index (χ2v) is 5.10.